The van der Waals surface area contributed by atoms with E-state index in [1.807, 2.05) is 16.7 Å². The monoisotopic (exact) mass is 243 g/mol. The highest BCUT2D eigenvalue weighted by atomic mass is 32.2. The third-order valence-corrected chi connectivity index (χ3v) is 5.34. The van der Waals surface area contributed by atoms with E-state index in [1.165, 1.54) is 6.42 Å². The predicted octanol–water partition coefficient (Wildman–Crippen LogP) is 1.50. The van der Waals surface area contributed by atoms with Crippen molar-refractivity contribution in [1.82, 2.24) is 4.90 Å². The summed E-state index contributed by atoms with van der Waals surface area (Å²) in [6.45, 7) is 4.03. The van der Waals surface area contributed by atoms with Gasteiger partial charge in [-0.25, -0.2) is 0 Å². The SMILES string of the molecule is CC1(C(=O)N2CCC(CO)CC2)CCCS1. The summed E-state index contributed by atoms with van der Waals surface area (Å²) in [4.78, 5) is 14.4. The second kappa shape index (κ2) is 4.96. The molecule has 0 aliphatic carbocycles. The molecule has 0 bridgehead atoms. The van der Waals surface area contributed by atoms with Crippen molar-refractivity contribution in [3.05, 3.63) is 0 Å². The van der Waals surface area contributed by atoms with Gasteiger partial charge in [0.15, 0.2) is 0 Å². The molecule has 0 saturated carbocycles. The molecule has 2 aliphatic heterocycles. The number of piperidine rings is 1. The van der Waals surface area contributed by atoms with Crippen LogP contribution in [0.4, 0.5) is 0 Å². The Morgan fingerprint density at radius 3 is 2.69 bits per heavy atom. The van der Waals surface area contributed by atoms with E-state index in [0.29, 0.717) is 11.8 Å². The van der Waals surface area contributed by atoms with E-state index in [0.717, 1.165) is 38.1 Å². The van der Waals surface area contributed by atoms with Crippen LogP contribution in [0.3, 0.4) is 0 Å². The lowest BCUT2D eigenvalue weighted by Crippen LogP contribution is -2.47. The second-order valence-electron chi connectivity index (χ2n) is 5.10. The van der Waals surface area contributed by atoms with Crippen LogP contribution in [0.15, 0.2) is 0 Å². The Kier molecular flexibility index (Phi) is 3.80. The van der Waals surface area contributed by atoms with Crippen LogP contribution in [-0.4, -0.2) is 46.1 Å². The summed E-state index contributed by atoms with van der Waals surface area (Å²) in [5.74, 6) is 1.86. The number of thioether (sulfide) groups is 1. The van der Waals surface area contributed by atoms with Gasteiger partial charge < -0.3 is 10.0 Å². The van der Waals surface area contributed by atoms with Crippen LogP contribution in [0.5, 0.6) is 0 Å². The van der Waals surface area contributed by atoms with Crippen molar-refractivity contribution in [3.8, 4) is 0 Å². The summed E-state index contributed by atoms with van der Waals surface area (Å²) < 4.78 is -0.161. The van der Waals surface area contributed by atoms with Crippen molar-refractivity contribution in [2.75, 3.05) is 25.4 Å². The molecule has 4 heteroatoms. The molecule has 2 aliphatic rings. The van der Waals surface area contributed by atoms with Crippen LogP contribution in [-0.2, 0) is 4.79 Å². The first-order valence-electron chi connectivity index (χ1n) is 6.20. The zero-order valence-corrected chi connectivity index (χ0v) is 10.8. The maximum Gasteiger partial charge on any atom is 0.238 e. The van der Waals surface area contributed by atoms with E-state index >= 15 is 0 Å². The van der Waals surface area contributed by atoms with E-state index in [-0.39, 0.29) is 11.4 Å². The molecular weight excluding hydrogens is 222 g/mol. The Hall–Kier alpha value is -0.220. The lowest BCUT2D eigenvalue weighted by molar-refractivity contribution is -0.135. The van der Waals surface area contributed by atoms with E-state index in [2.05, 4.69) is 6.92 Å². The molecule has 2 fully saturated rings. The minimum Gasteiger partial charge on any atom is -0.396 e. The number of aliphatic hydroxyl groups excluding tert-OH is 1. The van der Waals surface area contributed by atoms with E-state index in [1.54, 1.807) is 0 Å². The Morgan fingerprint density at radius 2 is 2.19 bits per heavy atom. The fraction of sp³-hybridized carbons (Fsp3) is 0.917. The Labute approximate surface area is 102 Å². The molecule has 3 nitrogen and oxygen atoms in total. The molecule has 2 saturated heterocycles. The number of aliphatic hydroxyl groups is 1. The van der Waals surface area contributed by atoms with E-state index in [9.17, 15) is 4.79 Å². The first kappa shape index (κ1) is 12.2. The van der Waals surface area contributed by atoms with Crippen LogP contribution >= 0.6 is 11.8 Å². The van der Waals surface area contributed by atoms with Gasteiger partial charge in [-0.1, -0.05) is 0 Å². The third-order valence-electron chi connectivity index (χ3n) is 3.83. The van der Waals surface area contributed by atoms with Gasteiger partial charge in [-0.3, -0.25) is 4.79 Å². The lowest BCUT2D eigenvalue weighted by atomic mass is 9.96. The highest BCUT2D eigenvalue weighted by Gasteiger charge is 2.40. The summed E-state index contributed by atoms with van der Waals surface area (Å²) in [5, 5.41) is 9.07. The zero-order valence-electron chi connectivity index (χ0n) is 9.95. The lowest BCUT2D eigenvalue weighted by Gasteiger charge is -2.36. The van der Waals surface area contributed by atoms with Gasteiger partial charge in [0.25, 0.3) is 0 Å². The molecule has 0 aromatic carbocycles. The van der Waals surface area contributed by atoms with E-state index in [4.69, 9.17) is 5.11 Å². The van der Waals surface area contributed by atoms with Gasteiger partial charge in [-0.2, -0.15) is 0 Å². The molecule has 0 spiro atoms. The number of nitrogens with zero attached hydrogens (tertiary/aromatic N) is 1. The highest BCUT2D eigenvalue weighted by molar-refractivity contribution is 8.01. The number of carbonyl (C=O) groups excluding carboxylic acids is 1. The predicted molar refractivity (Wildman–Crippen MR) is 66.5 cm³/mol. The minimum absolute atomic E-state index is 0.161. The summed E-state index contributed by atoms with van der Waals surface area (Å²) in [6.07, 6.45) is 4.11. The van der Waals surface area contributed by atoms with Gasteiger partial charge in [-0.15, -0.1) is 11.8 Å². The molecular formula is C12H21NO2S. The van der Waals surface area contributed by atoms with Crippen molar-refractivity contribution in [3.63, 3.8) is 0 Å². The van der Waals surface area contributed by atoms with Gasteiger partial charge >= 0.3 is 0 Å². The van der Waals surface area contributed by atoms with Crippen molar-refractivity contribution in [1.29, 1.82) is 0 Å². The standard InChI is InChI=1S/C12H21NO2S/c1-12(5-2-8-16-12)11(15)13-6-3-10(9-14)4-7-13/h10,14H,2-9H2,1H3. The third kappa shape index (κ3) is 2.38. The molecule has 1 unspecified atom stereocenters. The fourth-order valence-corrected chi connectivity index (χ4v) is 3.88. The van der Waals surface area contributed by atoms with Crippen LogP contribution < -0.4 is 0 Å². The number of amides is 1. The van der Waals surface area contributed by atoms with E-state index < -0.39 is 0 Å². The maximum atomic E-state index is 12.4. The zero-order chi connectivity index (χ0) is 11.6. The van der Waals surface area contributed by atoms with Crippen LogP contribution in [0.1, 0.15) is 32.6 Å². The number of likely N-dealkylation sites (tertiary alicyclic amines) is 1. The summed E-state index contributed by atoms with van der Waals surface area (Å²) >= 11 is 1.81. The van der Waals surface area contributed by atoms with Gasteiger partial charge in [0.2, 0.25) is 5.91 Å². The topological polar surface area (TPSA) is 40.5 Å². The van der Waals surface area contributed by atoms with Gasteiger partial charge in [0.05, 0.1) is 4.75 Å². The molecule has 92 valence electrons. The Bertz CT molecular complexity index is 256. The van der Waals surface area contributed by atoms with Crippen LogP contribution in [0.2, 0.25) is 0 Å². The molecule has 1 N–H and O–H groups in total. The summed E-state index contributed by atoms with van der Waals surface area (Å²) in [6, 6.07) is 0. The van der Waals surface area contributed by atoms with Crippen LogP contribution in [0.25, 0.3) is 0 Å². The first-order chi connectivity index (χ1) is 7.65. The number of rotatable bonds is 2. The number of carbonyl (C=O) groups is 1. The summed E-state index contributed by atoms with van der Waals surface area (Å²) in [7, 11) is 0. The average Bonchev–Trinajstić information content (AvgIpc) is 2.77. The molecule has 16 heavy (non-hydrogen) atoms. The summed E-state index contributed by atoms with van der Waals surface area (Å²) in [5.41, 5.74) is 0. The van der Waals surface area contributed by atoms with Gasteiger partial charge in [0.1, 0.15) is 0 Å². The second-order valence-corrected chi connectivity index (χ2v) is 6.70. The molecule has 0 aromatic heterocycles. The first-order valence-corrected chi connectivity index (χ1v) is 7.18. The molecule has 2 rings (SSSR count). The molecule has 0 radical (unpaired) electrons. The van der Waals surface area contributed by atoms with Crippen molar-refractivity contribution in [2.24, 2.45) is 5.92 Å². The largest absolute Gasteiger partial charge is 0.396 e. The molecule has 1 atom stereocenters. The minimum atomic E-state index is -0.161. The Balaban J connectivity index is 1.91. The number of hydrogen-bond acceptors (Lipinski definition) is 3. The van der Waals surface area contributed by atoms with Gasteiger partial charge in [-0.05, 0) is 44.3 Å². The Morgan fingerprint density at radius 1 is 1.50 bits per heavy atom. The average molecular weight is 243 g/mol. The van der Waals surface area contributed by atoms with Crippen molar-refractivity contribution >= 4 is 17.7 Å². The molecule has 2 heterocycles. The highest BCUT2D eigenvalue weighted by Crippen LogP contribution is 2.39. The normalized spacial score (nSPS) is 32.0. The molecule has 0 aromatic rings. The molecule has 1 amide bonds. The van der Waals surface area contributed by atoms with Crippen molar-refractivity contribution < 1.29 is 9.90 Å². The van der Waals surface area contributed by atoms with Crippen LogP contribution in [0, 0.1) is 5.92 Å². The number of hydrogen-bond donors (Lipinski definition) is 1. The fourth-order valence-electron chi connectivity index (χ4n) is 2.60. The van der Waals surface area contributed by atoms with Gasteiger partial charge in [0, 0.05) is 19.7 Å². The maximum absolute atomic E-state index is 12.4. The van der Waals surface area contributed by atoms with Crippen molar-refractivity contribution in [2.45, 2.75) is 37.4 Å². The smallest absolute Gasteiger partial charge is 0.238 e. The quantitative estimate of drug-likeness (QED) is 0.799.